The highest BCUT2D eigenvalue weighted by Crippen LogP contribution is 2.23. The lowest BCUT2D eigenvalue weighted by atomic mass is 10.2. The van der Waals surface area contributed by atoms with E-state index in [9.17, 15) is 29.7 Å². The average molecular weight is 526 g/mol. The average Bonchev–Trinajstić information content (AvgIpc) is 3.49. The zero-order valence-electron chi connectivity index (χ0n) is 20.9. The lowest BCUT2D eigenvalue weighted by Crippen LogP contribution is -2.49. The number of aromatic carboxylic acids is 3. The third-order valence-electron chi connectivity index (χ3n) is 7.57. The van der Waals surface area contributed by atoms with Gasteiger partial charge in [-0.2, -0.15) is 9.13 Å². The number of aryl methyl sites for hydroxylation is 3. The van der Waals surface area contributed by atoms with E-state index in [-0.39, 0.29) is 16.7 Å². The third-order valence-corrected chi connectivity index (χ3v) is 7.57. The van der Waals surface area contributed by atoms with Crippen LogP contribution in [0.4, 0.5) is 0 Å². The van der Waals surface area contributed by atoms with Gasteiger partial charge in [0.05, 0.1) is 30.8 Å². The maximum absolute atomic E-state index is 11.8. The van der Waals surface area contributed by atoms with Gasteiger partial charge in [0.2, 0.25) is 22.1 Å². The Morgan fingerprint density at radius 2 is 0.769 bits per heavy atom. The molecule has 0 saturated carbocycles. The Morgan fingerprint density at radius 3 is 1.00 bits per heavy atom. The molecule has 0 aliphatic heterocycles. The van der Waals surface area contributed by atoms with Gasteiger partial charge in [-0.1, -0.05) is 8.80 Å². The summed E-state index contributed by atoms with van der Waals surface area (Å²) in [6.07, 6.45) is 0. The first kappa shape index (κ1) is 22.7. The van der Waals surface area contributed by atoms with Gasteiger partial charge in [-0.25, -0.2) is 14.4 Å². The highest BCUT2D eigenvalue weighted by atomic mass is 16.4. The van der Waals surface area contributed by atoms with Crippen LogP contribution >= 0.6 is 0 Å². The molecule has 0 bridgehead atoms. The fraction of sp³-hybridized carbons (Fsp3) is 0.111. The molecule has 12 heteroatoms. The van der Waals surface area contributed by atoms with E-state index in [1.807, 2.05) is 48.0 Å². The zero-order chi connectivity index (χ0) is 27.5. The molecule has 0 fully saturated rings. The largest absolute Gasteiger partial charge is 0.523 e. The Kier molecular flexibility index (Phi) is 4.23. The van der Waals surface area contributed by atoms with Gasteiger partial charge >= 0.3 is 35.2 Å². The van der Waals surface area contributed by atoms with E-state index in [1.54, 1.807) is 54.6 Å². The lowest BCUT2D eigenvalue weighted by Gasteiger charge is -1.94. The molecule has 0 aliphatic carbocycles. The smallest absolute Gasteiger partial charge is 0.478 e. The number of benzene rings is 3. The van der Waals surface area contributed by atoms with E-state index >= 15 is 0 Å². The minimum Gasteiger partial charge on any atom is -0.478 e. The zero-order valence-corrected chi connectivity index (χ0v) is 20.9. The van der Waals surface area contributed by atoms with Crippen molar-refractivity contribution >= 4 is 68.3 Å². The van der Waals surface area contributed by atoms with Gasteiger partial charge in [-0.15, -0.1) is 0 Å². The monoisotopic (exact) mass is 525 g/mol. The quantitative estimate of drug-likeness (QED) is 0.299. The summed E-state index contributed by atoms with van der Waals surface area (Å²) in [6.45, 7) is 0. The molecule has 12 nitrogen and oxygen atoms in total. The molecule has 0 saturated heterocycles. The molecule has 0 unspecified atom stereocenters. The van der Waals surface area contributed by atoms with E-state index < -0.39 is 17.9 Å². The summed E-state index contributed by atoms with van der Waals surface area (Å²) in [5.74, 6) is -1.04. The molecule has 0 spiro atoms. The topological polar surface area (TPSA) is 139 Å². The predicted octanol–water partition coefficient (Wildman–Crippen LogP) is 1.47. The van der Waals surface area contributed by atoms with Crippen molar-refractivity contribution in [2.45, 2.75) is 0 Å². The lowest BCUT2D eigenvalue weighted by molar-refractivity contribution is -0.694. The summed E-state index contributed by atoms with van der Waals surface area (Å²) >= 11 is 0. The number of carbonyl (C=O) groups is 3. The number of hydrogen-bond acceptors (Lipinski definition) is 3. The molecular formula is C27H21N6O6+3. The molecule has 7 rings (SSSR count). The van der Waals surface area contributed by atoms with Crippen LogP contribution in [0, 0.1) is 0 Å². The molecule has 7 aromatic rings. The minimum absolute atomic E-state index is 0.145. The van der Waals surface area contributed by atoms with Crippen LogP contribution in [-0.2, 0) is 21.1 Å². The fourth-order valence-corrected chi connectivity index (χ4v) is 5.78. The molecular weight excluding hydrogens is 504 g/mol. The van der Waals surface area contributed by atoms with Crippen molar-refractivity contribution < 1.29 is 42.9 Å². The van der Waals surface area contributed by atoms with Crippen molar-refractivity contribution in [2.24, 2.45) is 21.1 Å². The number of carboxylic acids is 3. The van der Waals surface area contributed by atoms with Crippen LogP contribution in [-0.4, -0.2) is 46.9 Å². The Hall–Kier alpha value is -5.52. The maximum Gasteiger partial charge on any atom is 0.523 e. The van der Waals surface area contributed by atoms with Crippen LogP contribution in [0.1, 0.15) is 31.1 Å². The Balaban J connectivity index is 1.85. The minimum atomic E-state index is -1.04. The molecule has 192 valence electrons. The van der Waals surface area contributed by atoms with E-state index in [0.29, 0.717) is 33.9 Å². The molecule has 0 aliphatic rings. The molecule has 39 heavy (non-hydrogen) atoms. The molecule has 0 radical (unpaired) electrons. The predicted molar refractivity (Wildman–Crippen MR) is 136 cm³/mol. The second kappa shape index (κ2) is 7.28. The number of hydrogen-bond donors (Lipinski definition) is 3. The summed E-state index contributed by atoms with van der Waals surface area (Å²) in [7, 11) is 5.55. The van der Waals surface area contributed by atoms with Crippen molar-refractivity contribution in [1.82, 2.24) is 13.7 Å². The van der Waals surface area contributed by atoms with Crippen molar-refractivity contribution in [3.8, 4) is 0 Å². The highest BCUT2D eigenvalue weighted by molar-refractivity contribution is 5.94. The third kappa shape index (κ3) is 2.71. The number of nitrogens with zero attached hydrogens (tertiary/aromatic N) is 6. The second-order valence-electron chi connectivity index (χ2n) is 9.61. The van der Waals surface area contributed by atoms with Crippen molar-refractivity contribution in [3.63, 3.8) is 0 Å². The normalized spacial score (nSPS) is 12.1. The van der Waals surface area contributed by atoms with Gasteiger partial charge in [0, 0.05) is 19.2 Å². The van der Waals surface area contributed by atoms with Crippen molar-refractivity contribution in [1.29, 1.82) is 0 Å². The second-order valence-corrected chi connectivity index (χ2v) is 9.61. The first-order chi connectivity index (χ1) is 18.6. The fourth-order valence-electron chi connectivity index (χ4n) is 5.78. The van der Waals surface area contributed by atoms with Gasteiger partial charge in [0.15, 0.2) is 5.52 Å². The number of carboxylic acid groups (broad SMARTS) is 3. The number of imidazole rings is 3. The Labute approximate surface area is 217 Å². The molecule has 3 aromatic carbocycles. The van der Waals surface area contributed by atoms with Crippen molar-refractivity contribution in [3.05, 3.63) is 71.3 Å². The molecule has 4 heterocycles. The summed E-state index contributed by atoms with van der Waals surface area (Å²) in [4.78, 5) is 35.4. The van der Waals surface area contributed by atoms with Gasteiger partial charge in [-0.3, -0.25) is 4.57 Å². The van der Waals surface area contributed by atoms with E-state index in [4.69, 9.17) is 0 Å². The molecule has 4 aromatic heterocycles. The molecule has 0 amide bonds. The van der Waals surface area contributed by atoms with E-state index in [0.717, 1.165) is 16.6 Å². The van der Waals surface area contributed by atoms with Crippen molar-refractivity contribution in [2.75, 3.05) is 0 Å². The summed E-state index contributed by atoms with van der Waals surface area (Å²) < 4.78 is 11.7. The van der Waals surface area contributed by atoms with E-state index in [1.165, 1.54) is 0 Å². The van der Waals surface area contributed by atoms with Crippen LogP contribution < -0.4 is 13.2 Å². The Bertz CT molecular complexity index is 2020. The van der Waals surface area contributed by atoms with Crippen LogP contribution in [0.5, 0.6) is 0 Å². The number of fused-ring (bicyclic) bond motifs is 12. The van der Waals surface area contributed by atoms with Crippen LogP contribution in [0.3, 0.4) is 0 Å². The summed E-state index contributed by atoms with van der Waals surface area (Å²) in [5, 5.41) is 29.0. The standard InChI is InChI=1S/C27H18N6O6/c1-28-19-10-13(22(34)35)4-7-16(19)31-25(28)32-17-8-5-14(23(36)37)11-20(17)29(2)27(32)33-18-9-6-15(24(38)39)12-21(18)30(3)26(31)33/h4-12H,1-3H3/p+3. The first-order valence-electron chi connectivity index (χ1n) is 11.9. The van der Waals surface area contributed by atoms with Crippen LogP contribution in [0.25, 0.3) is 50.4 Å². The summed E-state index contributed by atoms with van der Waals surface area (Å²) in [5.41, 5.74) is 4.69. The maximum atomic E-state index is 11.8. The van der Waals surface area contributed by atoms with Gasteiger partial charge in [-0.05, 0) is 46.9 Å². The highest BCUT2D eigenvalue weighted by Gasteiger charge is 2.41. The number of rotatable bonds is 3. The van der Waals surface area contributed by atoms with Gasteiger partial charge in [0.1, 0.15) is 5.52 Å². The van der Waals surface area contributed by atoms with Gasteiger partial charge in [0.25, 0.3) is 0 Å². The first-order valence-corrected chi connectivity index (χ1v) is 11.9. The summed E-state index contributed by atoms with van der Waals surface area (Å²) in [6, 6.07) is 14.8. The van der Waals surface area contributed by atoms with Crippen LogP contribution in [0.15, 0.2) is 54.6 Å². The van der Waals surface area contributed by atoms with Gasteiger partial charge < -0.3 is 15.3 Å². The number of aromatic nitrogens is 6. The molecule has 3 N–H and O–H groups in total. The Morgan fingerprint density at radius 1 is 0.513 bits per heavy atom. The van der Waals surface area contributed by atoms with E-state index in [2.05, 4.69) is 0 Å². The van der Waals surface area contributed by atoms with Crippen LogP contribution in [0.2, 0.25) is 0 Å². The molecule has 0 atom stereocenters. The SMILES string of the molecule is Cn1c2cc(C(=O)O)ccc2[n+]2c1[n+]1c3ccc(C(=O)O)cc3n(C)c1[n+]1c3ccc(C(=O)O)cc3n(C)c21.